The Morgan fingerprint density at radius 1 is 1.23 bits per heavy atom. The summed E-state index contributed by atoms with van der Waals surface area (Å²) >= 11 is 0. The van der Waals surface area contributed by atoms with Gasteiger partial charge in [0, 0.05) is 45.7 Å². The van der Waals surface area contributed by atoms with E-state index in [1.54, 1.807) is 14.0 Å². The summed E-state index contributed by atoms with van der Waals surface area (Å²) in [6.07, 6.45) is -0.0609. The van der Waals surface area contributed by atoms with E-state index >= 15 is 0 Å². The fourth-order valence-corrected chi connectivity index (χ4v) is 2.82. The molecule has 1 fully saturated rings. The Bertz CT molecular complexity index is 613. The van der Waals surface area contributed by atoms with Gasteiger partial charge in [-0.15, -0.1) is 0 Å². The topological polar surface area (TPSA) is 66.4 Å². The molecule has 1 saturated heterocycles. The van der Waals surface area contributed by atoms with E-state index in [-0.39, 0.29) is 12.0 Å². The molecule has 0 aliphatic carbocycles. The maximum Gasteiger partial charge on any atom is 0.219 e. The van der Waals surface area contributed by atoms with Crippen molar-refractivity contribution in [3.8, 4) is 11.5 Å². The molecule has 144 valence electrons. The van der Waals surface area contributed by atoms with Crippen molar-refractivity contribution in [1.82, 2.24) is 15.1 Å². The lowest BCUT2D eigenvalue weighted by Crippen LogP contribution is -2.53. The lowest BCUT2D eigenvalue weighted by Gasteiger charge is -2.36. The molecule has 7 heteroatoms. The van der Waals surface area contributed by atoms with Gasteiger partial charge in [0.05, 0.1) is 13.7 Å². The molecule has 0 aromatic heterocycles. The van der Waals surface area contributed by atoms with Crippen LogP contribution in [0.1, 0.15) is 20.8 Å². The SMILES string of the molecule is CCNC(=NCC(C)Oc1cccc(OC)c1)N1CCN(C(C)=O)CC1. The van der Waals surface area contributed by atoms with Gasteiger partial charge in [0.2, 0.25) is 5.91 Å². The highest BCUT2D eigenvalue weighted by Gasteiger charge is 2.21. The van der Waals surface area contributed by atoms with Crippen molar-refractivity contribution in [3.63, 3.8) is 0 Å². The molecular weight excluding hydrogens is 332 g/mol. The second-order valence-electron chi connectivity index (χ2n) is 6.30. The van der Waals surface area contributed by atoms with E-state index in [0.29, 0.717) is 6.54 Å². The van der Waals surface area contributed by atoms with Crippen LogP contribution in [0.5, 0.6) is 11.5 Å². The second-order valence-corrected chi connectivity index (χ2v) is 6.30. The first kappa shape index (κ1) is 19.9. The average Bonchev–Trinajstić information content (AvgIpc) is 2.65. The predicted molar refractivity (Wildman–Crippen MR) is 103 cm³/mol. The smallest absolute Gasteiger partial charge is 0.219 e. The minimum atomic E-state index is -0.0609. The Balaban J connectivity index is 1.92. The van der Waals surface area contributed by atoms with Crippen LogP contribution in [-0.2, 0) is 4.79 Å². The van der Waals surface area contributed by atoms with Crippen molar-refractivity contribution >= 4 is 11.9 Å². The fraction of sp³-hybridized carbons (Fsp3) is 0.579. The summed E-state index contributed by atoms with van der Waals surface area (Å²) in [5, 5.41) is 3.33. The molecule has 0 bridgehead atoms. The van der Waals surface area contributed by atoms with Crippen LogP contribution in [0.3, 0.4) is 0 Å². The molecule has 2 rings (SSSR count). The number of carbonyl (C=O) groups is 1. The lowest BCUT2D eigenvalue weighted by molar-refractivity contribution is -0.130. The maximum atomic E-state index is 11.5. The van der Waals surface area contributed by atoms with Gasteiger partial charge in [-0.2, -0.15) is 0 Å². The molecule has 1 N–H and O–H groups in total. The fourth-order valence-electron chi connectivity index (χ4n) is 2.82. The standard InChI is InChI=1S/C19H30N4O3/c1-5-20-19(23-11-9-22(10-12-23)16(3)24)21-14-15(2)26-18-8-6-7-17(13-18)25-4/h6-8,13,15H,5,9-12,14H2,1-4H3,(H,20,21). The highest BCUT2D eigenvalue weighted by atomic mass is 16.5. The van der Waals surface area contributed by atoms with Gasteiger partial charge in [-0.1, -0.05) is 6.07 Å². The maximum absolute atomic E-state index is 11.5. The number of benzene rings is 1. The van der Waals surface area contributed by atoms with Crippen molar-refractivity contribution in [3.05, 3.63) is 24.3 Å². The van der Waals surface area contributed by atoms with E-state index in [1.807, 2.05) is 36.1 Å². The monoisotopic (exact) mass is 362 g/mol. The number of guanidine groups is 1. The summed E-state index contributed by atoms with van der Waals surface area (Å²) in [5.74, 6) is 2.55. The van der Waals surface area contributed by atoms with Crippen molar-refractivity contribution < 1.29 is 14.3 Å². The summed E-state index contributed by atoms with van der Waals surface area (Å²) in [5.41, 5.74) is 0. The number of carbonyl (C=O) groups excluding carboxylic acids is 1. The molecule has 0 saturated carbocycles. The zero-order valence-electron chi connectivity index (χ0n) is 16.2. The third kappa shape index (κ3) is 5.82. The number of rotatable bonds is 6. The molecule has 1 aliphatic rings. The van der Waals surface area contributed by atoms with Crippen LogP contribution in [0.25, 0.3) is 0 Å². The number of hydrogen-bond donors (Lipinski definition) is 1. The normalized spacial score (nSPS) is 16.2. The number of hydrogen-bond acceptors (Lipinski definition) is 4. The Morgan fingerprint density at radius 3 is 2.50 bits per heavy atom. The molecule has 1 unspecified atom stereocenters. The largest absolute Gasteiger partial charge is 0.497 e. The van der Waals surface area contributed by atoms with E-state index in [2.05, 4.69) is 17.1 Å². The number of aliphatic imine (C=N–C) groups is 1. The van der Waals surface area contributed by atoms with E-state index in [1.165, 1.54) is 0 Å². The Morgan fingerprint density at radius 2 is 1.88 bits per heavy atom. The van der Waals surface area contributed by atoms with Gasteiger partial charge >= 0.3 is 0 Å². The van der Waals surface area contributed by atoms with E-state index in [0.717, 1.165) is 50.2 Å². The van der Waals surface area contributed by atoms with Crippen LogP contribution in [0.4, 0.5) is 0 Å². The van der Waals surface area contributed by atoms with Crippen molar-refractivity contribution in [2.45, 2.75) is 26.9 Å². The average molecular weight is 362 g/mol. The quantitative estimate of drug-likeness (QED) is 0.615. The second kappa shape index (κ2) is 9.89. The number of methoxy groups -OCH3 is 1. The number of nitrogens with zero attached hydrogens (tertiary/aromatic N) is 3. The van der Waals surface area contributed by atoms with Crippen molar-refractivity contribution in [2.24, 2.45) is 4.99 Å². The van der Waals surface area contributed by atoms with Gasteiger partial charge in [0.25, 0.3) is 0 Å². The molecule has 7 nitrogen and oxygen atoms in total. The Labute approximate surface area is 156 Å². The molecular formula is C19H30N4O3. The van der Waals surface area contributed by atoms with Gasteiger partial charge < -0.3 is 24.6 Å². The molecule has 1 aromatic rings. The van der Waals surface area contributed by atoms with Crippen LogP contribution in [0.2, 0.25) is 0 Å². The lowest BCUT2D eigenvalue weighted by atomic mass is 10.3. The van der Waals surface area contributed by atoms with Crippen LogP contribution in [-0.4, -0.2) is 74.1 Å². The number of nitrogens with one attached hydrogen (secondary N) is 1. The van der Waals surface area contributed by atoms with E-state index < -0.39 is 0 Å². The van der Waals surface area contributed by atoms with Crippen LogP contribution in [0.15, 0.2) is 29.3 Å². The molecule has 0 spiro atoms. The predicted octanol–water partition coefficient (Wildman–Crippen LogP) is 1.59. The summed E-state index contributed by atoms with van der Waals surface area (Å²) in [7, 11) is 1.64. The van der Waals surface area contributed by atoms with Gasteiger partial charge in [-0.25, -0.2) is 4.99 Å². The molecule has 0 radical (unpaired) electrons. The zero-order chi connectivity index (χ0) is 18.9. The minimum absolute atomic E-state index is 0.0609. The molecule has 1 aromatic carbocycles. The van der Waals surface area contributed by atoms with E-state index in [9.17, 15) is 4.79 Å². The first-order chi connectivity index (χ1) is 12.5. The highest BCUT2D eigenvalue weighted by molar-refractivity contribution is 5.80. The third-order valence-corrected chi connectivity index (χ3v) is 4.24. The number of piperazine rings is 1. The number of amides is 1. The van der Waals surface area contributed by atoms with Crippen LogP contribution >= 0.6 is 0 Å². The van der Waals surface area contributed by atoms with E-state index in [4.69, 9.17) is 14.5 Å². The van der Waals surface area contributed by atoms with Gasteiger partial charge in [-0.05, 0) is 26.0 Å². The molecule has 26 heavy (non-hydrogen) atoms. The summed E-state index contributed by atoms with van der Waals surface area (Å²) in [4.78, 5) is 20.3. The van der Waals surface area contributed by atoms with Crippen LogP contribution < -0.4 is 14.8 Å². The number of ether oxygens (including phenoxy) is 2. The van der Waals surface area contributed by atoms with Crippen LogP contribution in [0, 0.1) is 0 Å². The van der Waals surface area contributed by atoms with Gasteiger partial charge in [0.15, 0.2) is 5.96 Å². The molecule has 1 amide bonds. The Kier molecular flexibility index (Phi) is 7.56. The molecule has 1 atom stereocenters. The Hall–Kier alpha value is -2.44. The van der Waals surface area contributed by atoms with Gasteiger partial charge in [0.1, 0.15) is 17.6 Å². The summed E-state index contributed by atoms with van der Waals surface area (Å²) in [6, 6.07) is 7.57. The third-order valence-electron chi connectivity index (χ3n) is 4.24. The molecule has 1 heterocycles. The zero-order valence-corrected chi connectivity index (χ0v) is 16.2. The summed E-state index contributed by atoms with van der Waals surface area (Å²) < 4.78 is 11.2. The minimum Gasteiger partial charge on any atom is -0.497 e. The first-order valence-corrected chi connectivity index (χ1v) is 9.13. The van der Waals surface area contributed by atoms with Crippen molar-refractivity contribution in [2.75, 3.05) is 46.4 Å². The first-order valence-electron chi connectivity index (χ1n) is 9.13. The molecule has 1 aliphatic heterocycles. The van der Waals surface area contributed by atoms with Crippen molar-refractivity contribution in [1.29, 1.82) is 0 Å². The summed E-state index contributed by atoms with van der Waals surface area (Å²) in [6.45, 7) is 10.1. The van der Waals surface area contributed by atoms with Gasteiger partial charge in [-0.3, -0.25) is 4.79 Å². The highest BCUT2D eigenvalue weighted by Crippen LogP contribution is 2.20.